The fourth-order valence-corrected chi connectivity index (χ4v) is 2.12. The third-order valence-electron chi connectivity index (χ3n) is 3.10. The molecule has 2 aromatic rings. The molecule has 11 heteroatoms. The molecule has 1 aromatic carbocycles. The molecular formula is C15H18ClFN6O3. The van der Waals surface area contributed by atoms with E-state index in [1.54, 1.807) is 0 Å². The predicted octanol–water partition coefficient (Wildman–Crippen LogP) is 2.32. The van der Waals surface area contributed by atoms with Crippen LogP contribution < -0.4 is 16.1 Å². The van der Waals surface area contributed by atoms with Crippen molar-refractivity contribution in [1.82, 2.24) is 26.4 Å². The first-order valence-electron chi connectivity index (χ1n) is 7.66. The number of aliphatic imine (C=N–C) groups is 1. The van der Waals surface area contributed by atoms with E-state index in [-0.39, 0.29) is 35.9 Å². The summed E-state index contributed by atoms with van der Waals surface area (Å²) in [6.45, 7) is 3.75. The summed E-state index contributed by atoms with van der Waals surface area (Å²) in [5.74, 6) is -0.464. The van der Waals surface area contributed by atoms with Crippen LogP contribution in [0, 0.1) is 5.82 Å². The molecule has 9 nitrogen and oxygen atoms in total. The minimum absolute atomic E-state index is 0.00948. The number of benzene rings is 1. The molecule has 0 bridgehead atoms. The molecule has 0 unspecified atom stereocenters. The molecule has 0 atom stereocenters. The zero-order valence-corrected chi connectivity index (χ0v) is 14.8. The zero-order chi connectivity index (χ0) is 19.1. The van der Waals surface area contributed by atoms with Crippen LogP contribution in [0.1, 0.15) is 25.2 Å². The predicted molar refractivity (Wildman–Crippen MR) is 91.9 cm³/mol. The van der Waals surface area contributed by atoms with E-state index in [4.69, 9.17) is 11.6 Å². The average Bonchev–Trinajstić information content (AvgIpc) is 3.02. The van der Waals surface area contributed by atoms with E-state index in [2.05, 4.69) is 30.6 Å². The molecule has 0 fully saturated rings. The molecule has 0 spiro atoms. The van der Waals surface area contributed by atoms with Gasteiger partial charge >= 0.3 is 6.03 Å². The van der Waals surface area contributed by atoms with Crippen LogP contribution in [0.4, 0.5) is 14.9 Å². The molecule has 0 aliphatic heterocycles. The Morgan fingerprint density at radius 2 is 2.12 bits per heavy atom. The molecule has 26 heavy (non-hydrogen) atoms. The van der Waals surface area contributed by atoms with Crippen molar-refractivity contribution in [1.29, 1.82) is 0 Å². The summed E-state index contributed by atoms with van der Waals surface area (Å²) in [6, 6.07) is 3.51. The number of carbonyl (C=O) groups excluding carboxylic acids is 1. The van der Waals surface area contributed by atoms with Gasteiger partial charge in [0, 0.05) is 6.04 Å². The van der Waals surface area contributed by atoms with Crippen LogP contribution in [0.5, 0.6) is 0 Å². The van der Waals surface area contributed by atoms with E-state index in [9.17, 15) is 14.4 Å². The standard InChI is InChI=1S/C15H18ClFN6O3/c1-8(2)19-15(24)18-7-13-12(22-26-23-13)6-14(21-25)20-9-3-4-11(17)10(16)5-9/h3-5,8,25H,6-7H2,1-2H3,(H,20,21)(H2,18,19,24). The highest BCUT2D eigenvalue weighted by molar-refractivity contribution is 6.31. The van der Waals surface area contributed by atoms with E-state index < -0.39 is 5.82 Å². The minimum Gasteiger partial charge on any atom is -0.336 e. The largest absolute Gasteiger partial charge is 0.336 e. The number of urea groups is 1. The number of amides is 2. The average molecular weight is 385 g/mol. The number of rotatable bonds is 6. The summed E-state index contributed by atoms with van der Waals surface area (Å²) in [5, 5.41) is 21.9. The SMILES string of the molecule is CC(C)NC(=O)NCc1nonc1CC(=Nc1ccc(F)c(Cl)c1)NO. The van der Waals surface area contributed by atoms with Crippen molar-refractivity contribution in [3.05, 3.63) is 40.4 Å². The van der Waals surface area contributed by atoms with Gasteiger partial charge in [-0.3, -0.25) is 10.7 Å². The number of amidine groups is 1. The Balaban J connectivity index is 2.06. The van der Waals surface area contributed by atoms with Crippen molar-refractivity contribution >= 4 is 29.2 Å². The van der Waals surface area contributed by atoms with Gasteiger partial charge < -0.3 is 10.6 Å². The molecule has 0 aliphatic rings. The number of hydroxylamine groups is 1. The summed E-state index contributed by atoms with van der Waals surface area (Å²) < 4.78 is 17.9. The monoisotopic (exact) mass is 384 g/mol. The van der Waals surface area contributed by atoms with E-state index in [0.717, 1.165) is 6.07 Å². The van der Waals surface area contributed by atoms with Crippen molar-refractivity contribution in [3.63, 3.8) is 0 Å². The number of hydrogen-bond acceptors (Lipinski definition) is 6. The summed E-state index contributed by atoms with van der Waals surface area (Å²) in [6.07, 6.45) is 0.0395. The van der Waals surface area contributed by atoms with Gasteiger partial charge in [-0.15, -0.1) is 0 Å². The summed E-state index contributed by atoms with van der Waals surface area (Å²) in [7, 11) is 0. The van der Waals surface area contributed by atoms with Crippen LogP contribution in [0.2, 0.25) is 5.02 Å². The molecule has 0 saturated carbocycles. The molecular weight excluding hydrogens is 367 g/mol. The third kappa shape index (κ3) is 5.67. The maximum absolute atomic E-state index is 13.2. The molecule has 0 aliphatic carbocycles. The highest BCUT2D eigenvalue weighted by atomic mass is 35.5. The highest BCUT2D eigenvalue weighted by Gasteiger charge is 2.14. The number of halogens is 2. The lowest BCUT2D eigenvalue weighted by atomic mass is 10.2. The number of hydrogen-bond donors (Lipinski definition) is 4. The third-order valence-corrected chi connectivity index (χ3v) is 3.39. The van der Waals surface area contributed by atoms with Crippen molar-refractivity contribution in [2.75, 3.05) is 0 Å². The molecule has 0 saturated heterocycles. The number of carbonyl (C=O) groups is 1. The Morgan fingerprint density at radius 3 is 2.77 bits per heavy atom. The van der Waals surface area contributed by atoms with E-state index in [1.165, 1.54) is 12.1 Å². The second-order valence-electron chi connectivity index (χ2n) is 5.58. The summed E-state index contributed by atoms with van der Waals surface area (Å²) in [5.41, 5.74) is 3.02. The normalized spacial score (nSPS) is 11.5. The van der Waals surface area contributed by atoms with Crippen LogP contribution in [-0.2, 0) is 13.0 Å². The van der Waals surface area contributed by atoms with Crippen molar-refractivity contribution in [3.8, 4) is 0 Å². The molecule has 2 rings (SSSR count). The molecule has 1 aromatic heterocycles. The van der Waals surface area contributed by atoms with Gasteiger partial charge in [0.1, 0.15) is 23.0 Å². The first-order chi connectivity index (χ1) is 12.4. The summed E-state index contributed by atoms with van der Waals surface area (Å²) in [4.78, 5) is 15.7. The smallest absolute Gasteiger partial charge is 0.315 e. The minimum atomic E-state index is -0.571. The Kier molecular flexibility index (Phi) is 6.87. The van der Waals surface area contributed by atoms with E-state index >= 15 is 0 Å². The number of nitrogens with one attached hydrogen (secondary N) is 3. The maximum Gasteiger partial charge on any atom is 0.315 e. The lowest BCUT2D eigenvalue weighted by Crippen LogP contribution is -2.39. The second kappa shape index (κ2) is 9.11. The van der Waals surface area contributed by atoms with Gasteiger partial charge in [0.2, 0.25) is 0 Å². The van der Waals surface area contributed by atoms with Crippen molar-refractivity contribution < 1.29 is 19.0 Å². The molecule has 2 amide bonds. The van der Waals surface area contributed by atoms with Crippen LogP contribution >= 0.6 is 11.6 Å². The number of nitrogens with zero attached hydrogens (tertiary/aromatic N) is 3. The lowest BCUT2D eigenvalue weighted by Gasteiger charge is -2.09. The first-order valence-corrected chi connectivity index (χ1v) is 8.04. The van der Waals surface area contributed by atoms with Gasteiger partial charge in [-0.25, -0.2) is 18.8 Å². The van der Waals surface area contributed by atoms with E-state index in [1.807, 2.05) is 19.3 Å². The first kappa shape index (κ1) is 19.6. The van der Waals surface area contributed by atoms with Gasteiger partial charge in [0.25, 0.3) is 0 Å². The molecule has 0 radical (unpaired) electrons. The Labute approximate surface area is 153 Å². The molecule has 140 valence electrons. The molecule has 1 heterocycles. The lowest BCUT2D eigenvalue weighted by molar-refractivity contribution is 0.232. The maximum atomic E-state index is 13.2. The van der Waals surface area contributed by atoms with E-state index in [0.29, 0.717) is 17.1 Å². The second-order valence-corrected chi connectivity index (χ2v) is 5.99. The Bertz CT molecular complexity index is 795. The van der Waals surface area contributed by atoms with Crippen LogP contribution in [0.25, 0.3) is 0 Å². The Hall–Kier alpha value is -2.72. The fraction of sp³-hybridized carbons (Fsp3) is 0.333. The molecule has 4 N–H and O–H groups in total. The van der Waals surface area contributed by atoms with Crippen molar-refractivity contribution in [2.24, 2.45) is 4.99 Å². The topological polar surface area (TPSA) is 125 Å². The fourth-order valence-electron chi connectivity index (χ4n) is 1.94. The van der Waals surface area contributed by atoms with Crippen LogP contribution in [0.15, 0.2) is 27.8 Å². The van der Waals surface area contributed by atoms with Gasteiger partial charge in [-0.05, 0) is 32.0 Å². The zero-order valence-electron chi connectivity index (χ0n) is 14.1. The van der Waals surface area contributed by atoms with Gasteiger partial charge in [-0.1, -0.05) is 21.9 Å². The highest BCUT2D eigenvalue weighted by Crippen LogP contribution is 2.21. The van der Waals surface area contributed by atoms with Gasteiger partial charge in [-0.2, -0.15) is 0 Å². The van der Waals surface area contributed by atoms with Crippen LogP contribution in [-0.4, -0.2) is 33.4 Å². The van der Waals surface area contributed by atoms with Gasteiger partial charge in [0.15, 0.2) is 0 Å². The number of aromatic nitrogens is 2. The Morgan fingerprint density at radius 1 is 1.38 bits per heavy atom. The quantitative estimate of drug-likeness (QED) is 0.344. The van der Waals surface area contributed by atoms with Crippen molar-refractivity contribution in [2.45, 2.75) is 32.9 Å². The van der Waals surface area contributed by atoms with Crippen LogP contribution in [0.3, 0.4) is 0 Å². The summed E-state index contributed by atoms with van der Waals surface area (Å²) >= 11 is 5.70. The van der Waals surface area contributed by atoms with Gasteiger partial charge in [0.05, 0.1) is 23.7 Å².